The number of nitrogens with zero attached hydrogens (tertiary/aromatic N) is 2. The van der Waals surface area contributed by atoms with Crippen LogP contribution >= 0.6 is 11.8 Å². The minimum Gasteiger partial charge on any atom is -0.494 e. The first-order valence-electron chi connectivity index (χ1n) is 10.1. The first-order valence-corrected chi connectivity index (χ1v) is 12.5. The van der Waals surface area contributed by atoms with Crippen molar-refractivity contribution in [2.24, 2.45) is 0 Å². The summed E-state index contributed by atoms with van der Waals surface area (Å²) in [6, 6.07) is 12.0. The van der Waals surface area contributed by atoms with Crippen molar-refractivity contribution in [1.82, 2.24) is 14.3 Å². The van der Waals surface area contributed by atoms with Gasteiger partial charge in [-0.1, -0.05) is 17.8 Å². The average molecular weight is 461 g/mol. The van der Waals surface area contributed by atoms with Crippen LogP contribution < -0.4 is 10.1 Å². The number of carbonyl (C=O) groups excluding carboxylic acids is 1. The molecule has 4 rings (SSSR count). The number of thioether (sulfide) groups is 1. The van der Waals surface area contributed by atoms with E-state index >= 15 is 0 Å². The third kappa shape index (κ3) is 5.03. The Morgan fingerprint density at radius 2 is 2.03 bits per heavy atom. The van der Waals surface area contributed by atoms with Gasteiger partial charge in [0.25, 0.3) is 0 Å². The van der Waals surface area contributed by atoms with E-state index in [1.165, 1.54) is 22.1 Å². The molecule has 10 heteroatoms. The zero-order chi connectivity index (χ0) is 21.8. The number of H-pyrrole nitrogens is 1. The summed E-state index contributed by atoms with van der Waals surface area (Å²) < 4.78 is 32.4. The van der Waals surface area contributed by atoms with Crippen molar-refractivity contribution in [3.63, 3.8) is 0 Å². The number of rotatable bonds is 8. The smallest absolute Gasteiger partial charge is 0.243 e. The lowest BCUT2D eigenvalue weighted by Crippen LogP contribution is -2.28. The maximum Gasteiger partial charge on any atom is 0.243 e. The number of hydrogen-bond acceptors (Lipinski definition) is 6. The van der Waals surface area contributed by atoms with Crippen LogP contribution in [-0.4, -0.2) is 54.0 Å². The summed E-state index contributed by atoms with van der Waals surface area (Å²) in [7, 11) is -3.52. The highest BCUT2D eigenvalue weighted by Gasteiger charge is 2.27. The molecule has 0 atom stereocenters. The van der Waals surface area contributed by atoms with Crippen molar-refractivity contribution in [1.29, 1.82) is 0 Å². The maximum absolute atomic E-state index is 12.7. The van der Waals surface area contributed by atoms with Gasteiger partial charge >= 0.3 is 0 Å². The number of fused-ring (bicyclic) bond motifs is 1. The first kappa shape index (κ1) is 21.7. The number of benzene rings is 2. The Kier molecular flexibility index (Phi) is 6.49. The lowest BCUT2D eigenvalue weighted by Gasteiger charge is -2.16. The number of anilines is 1. The number of imidazole rings is 1. The second kappa shape index (κ2) is 9.29. The molecule has 164 valence electrons. The lowest BCUT2D eigenvalue weighted by atomic mass is 10.3. The van der Waals surface area contributed by atoms with Gasteiger partial charge < -0.3 is 15.0 Å². The molecule has 2 N–H and O–H groups in total. The van der Waals surface area contributed by atoms with E-state index in [4.69, 9.17) is 4.74 Å². The van der Waals surface area contributed by atoms with Crippen molar-refractivity contribution in [2.75, 3.05) is 30.8 Å². The standard InChI is InChI=1S/C21H24N4O4S2/c1-2-29-16-8-9-18-19(13-16)24-21(23-18)30-14-20(26)22-15-6-5-7-17(12-15)31(27,28)25-10-3-4-11-25/h5-9,12-13H,2-4,10-11,14H2,1H3,(H,22,26)(H,23,24). The van der Waals surface area contributed by atoms with Gasteiger partial charge in [-0.05, 0) is 50.1 Å². The van der Waals surface area contributed by atoms with Crippen molar-refractivity contribution < 1.29 is 17.9 Å². The highest BCUT2D eigenvalue weighted by atomic mass is 32.2. The summed E-state index contributed by atoms with van der Waals surface area (Å²) in [5, 5.41) is 3.40. The van der Waals surface area contributed by atoms with E-state index < -0.39 is 10.0 Å². The summed E-state index contributed by atoms with van der Waals surface area (Å²) >= 11 is 1.28. The van der Waals surface area contributed by atoms with Gasteiger partial charge in [0.05, 0.1) is 28.3 Å². The Balaban J connectivity index is 1.38. The monoisotopic (exact) mass is 460 g/mol. The summed E-state index contributed by atoms with van der Waals surface area (Å²) in [6.07, 6.45) is 1.75. The number of aromatic nitrogens is 2. The van der Waals surface area contributed by atoms with Crippen LogP contribution in [-0.2, 0) is 14.8 Å². The second-order valence-electron chi connectivity index (χ2n) is 7.13. The molecule has 2 aromatic carbocycles. The molecule has 3 aromatic rings. The Morgan fingerprint density at radius 3 is 2.81 bits per heavy atom. The molecule has 1 amide bonds. The number of carbonyl (C=O) groups is 1. The summed E-state index contributed by atoms with van der Waals surface area (Å²) in [6.45, 7) is 3.59. The molecule has 0 aliphatic carbocycles. The maximum atomic E-state index is 12.7. The van der Waals surface area contributed by atoms with E-state index in [1.807, 2.05) is 25.1 Å². The molecule has 1 fully saturated rings. The molecule has 2 heterocycles. The van der Waals surface area contributed by atoms with E-state index in [0.717, 1.165) is 29.6 Å². The van der Waals surface area contributed by atoms with E-state index in [9.17, 15) is 13.2 Å². The topological polar surface area (TPSA) is 104 Å². The fourth-order valence-electron chi connectivity index (χ4n) is 3.43. The summed E-state index contributed by atoms with van der Waals surface area (Å²) in [5.74, 6) is 0.661. The van der Waals surface area contributed by atoms with Gasteiger partial charge in [0.15, 0.2) is 5.16 Å². The highest BCUT2D eigenvalue weighted by Crippen LogP contribution is 2.25. The predicted octanol–water partition coefficient (Wildman–Crippen LogP) is 3.48. The van der Waals surface area contributed by atoms with Crippen molar-refractivity contribution in [2.45, 2.75) is 29.8 Å². The van der Waals surface area contributed by atoms with E-state index in [-0.39, 0.29) is 16.6 Å². The Labute approximate surface area is 185 Å². The van der Waals surface area contributed by atoms with Crippen LogP contribution in [0.25, 0.3) is 11.0 Å². The normalized spacial score (nSPS) is 14.7. The fraction of sp³-hybridized carbons (Fsp3) is 0.333. The molecule has 31 heavy (non-hydrogen) atoms. The van der Waals surface area contributed by atoms with Crippen LogP contribution in [0.15, 0.2) is 52.5 Å². The van der Waals surface area contributed by atoms with Crippen LogP contribution in [0.1, 0.15) is 19.8 Å². The van der Waals surface area contributed by atoms with Gasteiger partial charge in [-0.15, -0.1) is 0 Å². The van der Waals surface area contributed by atoms with Crippen LogP contribution in [0.4, 0.5) is 5.69 Å². The third-order valence-corrected chi connectivity index (χ3v) is 7.67. The molecule has 0 spiro atoms. The molecule has 0 unspecified atom stereocenters. The number of sulfonamides is 1. The van der Waals surface area contributed by atoms with E-state index in [0.29, 0.717) is 30.5 Å². The minimum absolute atomic E-state index is 0.140. The number of amides is 1. The van der Waals surface area contributed by atoms with Gasteiger partial charge in [0.2, 0.25) is 15.9 Å². The number of ether oxygens (including phenoxy) is 1. The Morgan fingerprint density at radius 1 is 1.23 bits per heavy atom. The molecule has 0 radical (unpaired) electrons. The molecule has 8 nitrogen and oxygen atoms in total. The fourth-order valence-corrected chi connectivity index (χ4v) is 5.68. The molecule has 1 aliphatic rings. The van der Waals surface area contributed by atoms with E-state index in [1.54, 1.807) is 18.2 Å². The molecule has 0 bridgehead atoms. The molecule has 1 aromatic heterocycles. The predicted molar refractivity (Wildman–Crippen MR) is 121 cm³/mol. The second-order valence-corrected chi connectivity index (χ2v) is 10.0. The quantitative estimate of drug-likeness (QED) is 0.499. The van der Waals surface area contributed by atoms with Crippen LogP contribution in [0, 0.1) is 0 Å². The molecule has 1 aliphatic heterocycles. The first-order chi connectivity index (χ1) is 15.0. The van der Waals surface area contributed by atoms with Gasteiger partial charge in [0, 0.05) is 24.8 Å². The van der Waals surface area contributed by atoms with Crippen molar-refractivity contribution >= 4 is 44.4 Å². The Hall–Kier alpha value is -2.56. The van der Waals surface area contributed by atoms with Crippen LogP contribution in [0.3, 0.4) is 0 Å². The molecular weight excluding hydrogens is 436 g/mol. The van der Waals surface area contributed by atoms with Crippen molar-refractivity contribution in [3.05, 3.63) is 42.5 Å². The van der Waals surface area contributed by atoms with Crippen LogP contribution in [0.2, 0.25) is 0 Å². The molecule has 1 saturated heterocycles. The largest absolute Gasteiger partial charge is 0.494 e. The average Bonchev–Trinajstić information content (AvgIpc) is 3.43. The summed E-state index contributed by atoms with van der Waals surface area (Å²) in [4.78, 5) is 20.3. The van der Waals surface area contributed by atoms with Gasteiger partial charge in [-0.25, -0.2) is 13.4 Å². The Bertz CT molecular complexity index is 1190. The highest BCUT2D eigenvalue weighted by molar-refractivity contribution is 7.99. The number of hydrogen-bond donors (Lipinski definition) is 2. The number of aromatic amines is 1. The summed E-state index contributed by atoms with van der Waals surface area (Å²) in [5.41, 5.74) is 2.09. The molecule has 0 saturated carbocycles. The van der Waals surface area contributed by atoms with Crippen molar-refractivity contribution in [3.8, 4) is 5.75 Å². The zero-order valence-electron chi connectivity index (χ0n) is 17.1. The minimum atomic E-state index is -3.52. The SMILES string of the molecule is CCOc1ccc2nc(SCC(=O)Nc3cccc(S(=O)(=O)N4CCCC4)c3)[nH]c2c1. The van der Waals surface area contributed by atoms with Gasteiger partial charge in [0.1, 0.15) is 5.75 Å². The number of nitrogens with one attached hydrogen (secondary N) is 2. The van der Waals surface area contributed by atoms with Gasteiger partial charge in [-0.3, -0.25) is 4.79 Å². The van der Waals surface area contributed by atoms with Gasteiger partial charge in [-0.2, -0.15) is 4.31 Å². The van der Waals surface area contributed by atoms with E-state index in [2.05, 4.69) is 15.3 Å². The van der Waals surface area contributed by atoms with Crippen LogP contribution in [0.5, 0.6) is 5.75 Å². The zero-order valence-corrected chi connectivity index (χ0v) is 18.8. The molecular formula is C21H24N4O4S2. The third-order valence-electron chi connectivity index (χ3n) is 4.90. The lowest BCUT2D eigenvalue weighted by molar-refractivity contribution is -0.113.